The monoisotopic (exact) mass is 498 g/mol. The van der Waals surface area contributed by atoms with E-state index in [2.05, 4.69) is 84.5 Å². The first kappa shape index (κ1) is 20.4. The highest BCUT2D eigenvalue weighted by Gasteiger charge is 2.44. The zero-order chi connectivity index (χ0) is 21.4. The minimum absolute atomic E-state index is 0.0463. The number of amidine groups is 1. The minimum atomic E-state index is -0.0527. The van der Waals surface area contributed by atoms with Gasteiger partial charge in [0.1, 0.15) is 6.17 Å². The molecular weight excluding hydrogens is 476 g/mol. The van der Waals surface area contributed by atoms with Crippen molar-refractivity contribution in [2.75, 3.05) is 11.1 Å². The van der Waals surface area contributed by atoms with Crippen LogP contribution in [-0.2, 0) is 4.79 Å². The van der Waals surface area contributed by atoms with Gasteiger partial charge in [0, 0.05) is 22.6 Å². The molecule has 3 aliphatic heterocycles. The summed E-state index contributed by atoms with van der Waals surface area (Å²) in [5.41, 5.74) is 10.2. The number of carbonyl (C=O) groups is 1. The Hall–Kier alpha value is -2.49. The summed E-state index contributed by atoms with van der Waals surface area (Å²) in [5.74, 6) is 0.245. The molecule has 1 fully saturated rings. The fourth-order valence-electron chi connectivity index (χ4n) is 4.03. The summed E-state index contributed by atoms with van der Waals surface area (Å²) in [6.45, 7) is 2.11. The number of halogens is 1. The molecule has 7 nitrogen and oxygen atoms in total. The molecule has 3 N–H and O–H groups in total. The molecule has 31 heavy (non-hydrogen) atoms. The van der Waals surface area contributed by atoms with Gasteiger partial charge in [0.05, 0.1) is 17.8 Å². The Morgan fingerprint density at radius 1 is 1.19 bits per heavy atom. The highest BCUT2D eigenvalue weighted by atomic mass is 79.9. The maximum Gasteiger partial charge on any atom is 0.234 e. The molecule has 3 heterocycles. The molecule has 3 aliphatic rings. The van der Waals surface area contributed by atoms with E-state index in [-0.39, 0.29) is 24.2 Å². The first-order chi connectivity index (χ1) is 15.1. The molecule has 2 aromatic carbocycles. The smallest absolute Gasteiger partial charge is 0.234 e. The van der Waals surface area contributed by atoms with Gasteiger partial charge in [-0.15, -0.1) is 0 Å². The molecule has 9 heteroatoms. The average molecular weight is 499 g/mol. The lowest BCUT2D eigenvalue weighted by Crippen LogP contribution is -2.54. The molecule has 160 valence electrons. The second-order valence-electron chi connectivity index (χ2n) is 7.82. The van der Waals surface area contributed by atoms with Crippen molar-refractivity contribution in [1.29, 1.82) is 0 Å². The van der Waals surface area contributed by atoms with E-state index < -0.39 is 0 Å². The van der Waals surface area contributed by atoms with E-state index in [1.54, 1.807) is 0 Å². The molecule has 3 atom stereocenters. The van der Waals surface area contributed by atoms with Crippen LogP contribution >= 0.6 is 27.7 Å². The van der Waals surface area contributed by atoms with Gasteiger partial charge in [0.2, 0.25) is 5.91 Å². The van der Waals surface area contributed by atoms with E-state index in [1.807, 2.05) is 30.5 Å². The van der Waals surface area contributed by atoms with Crippen LogP contribution in [0.15, 0.2) is 70.5 Å². The fraction of sp³-hybridized carbons (Fsp3) is 0.273. The molecule has 0 aliphatic carbocycles. The summed E-state index contributed by atoms with van der Waals surface area (Å²) < 4.78 is 0.981. The summed E-state index contributed by atoms with van der Waals surface area (Å²) in [5, 5.41) is 10.4. The van der Waals surface area contributed by atoms with Crippen molar-refractivity contribution < 1.29 is 4.79 Å². The third-order valence-electron chi connectivity index (χ3n) is 5.64. The van der Waals surface area contributed by atoms with Gasteiger partial charge in [-0.3, -0.25) is 10.2 Å². The number of hydrazine groups is 1. The molecule has 2 aromatic rings. The molecule has 5 rings (SSSR count). The van der Waals surface area contributed by atoms with Crippen molar-refractivity contribution in [3.8, 4) is 0 Å². The van der Waals surface area contributed by atoms with E-state index in [1.165, 1.54) is 22.9 Å². The fourth-order valence-corrected chi connectivity index (χ4v) is 5.06. The molecule has 0 saturated carbocycles. The highest BCUT2D eigenvalue weighted by molar-refractivity contribution is 9.10. The summed E-state index contributed by atoms with van der Waals surface area (Å²) in [6.07, 6.45) is 5.09. The maximum absolute atomic E-state index is 12.3. The Bertz CT molecular complexity index is 1030. The van der Waals surface area contributed by atoms with Gasteiger partial charge in [-0.2, -0.15) is 5.10 Å². The third-order valence-corrected chi connectivity index (χ3v) is 7.14. The average Bonchev–Trinajstić information content (AvgIpc) is 3.38. The van der Waals surface area contributed by atoms with Crippen LogP contribution in [0, 0.1) is 6.92 Å². The molecule has 0 spiro atoms. The number of hydrazone groups is 1. The number of fused-ring (bicyclic) bond motifs is 3. The van der Waals surface area contributed by atoms with Crippen molar-refractivity contribution in [1.82, 2.24) is 20.8 Å². The van der Waals surface area contributed by atoms with Crippen molar-refractivity contribution >= 4 is 44.5 Å². The zero-order valence-electron chi connectivity index (χ0n) is 17.0. The highest BCUT2D eigenvalue weighted by Crippen LogP contribution is 2.35. The lowest BCUT2D eigenvalue weighted by atomic mass is 9.99. The minimum Gasteiger partial charge on any atom is -0.325 e. The van der Waals surface area contributed by atoms with Crippen molar-refractivity contribution in [2.45, 2.75) is 31.6 Å². The molecule has 1 amide bonds. The van der Waals surface area contributed by atoms with Crippen LogP contribution in [0.2, 0.25) is 0 Å². The van der Waals surface area contributed by atoms with Crippen LogP contribution in [0.1, 0.15) is 23.6 Å². The SMILES string of the molecule is Cc1ccc(C2CC3C4NN=C(SCC(=O)Nc5ccc(Br)cc5)N4C=CN3N2)cc1. The summed E-state index contributed by atoms with van der Waals surface area (Å²) in [6, 6.07) is 16.8. The topological polar surface area (TPSA) is 72.0 Å². The quantitative estimate of drug-likeness (QED) is 0.596. The Morgan fingerprint density at radius 3 is 2.74 bits per heavy atom. The van der Waals surface area contributed by atoms with E-state index in [0.29, 0.717) is 5.75 Å². The van der Waals surface area contributed by atoms with E-state index in [0.717, 1.165) is 21.7 Å². The number of amides is 1. The molecule has 1 saturated heterocycles. The summed E-state index contributed by atoms with van der Waals surface area (Å²) in [4.78, 5) is 14.5. The first-order valence-electron chi connectivity index (χ1n) is 10.2. The Morgan fingerprint density at radius 2 is 1.97 bits per heavy atom. The lowest BCUT2D eigenvalue weighted by molar-refractivity contribution is -0.113. The van der Waals surface area contributed by atoms with Crippen LogP contribution in [0.5, 0.6) is 0 Å². The van der Waals surface area contributed by atoms with E-state index >= 15 is 0 Å². The van der Waals surface area contributed by atoms with Gasteiger partial charge in [-0.25, -0.2) is 5.43 Å². The predicted octanol–water partition coefficient (Wildman–Crippen LogP) is 3.74. The van der Waals surface area contributed by atoms with Gasteiger partial charge < -0.3 is 15.2 Å². The third kappa shape index (κ3) is 4.30. The number of rotatable bonds is 4. The second-order valence-corrected chi connectivity index (χ2v) is 9.68. The maximum atomic E-state index is 12.3. The van der Waals surface area contributed by atoms with Crippen LogP contribution in [0.4, 0.5) is 5.69 Å². The molecule has 3 unspecified atom stereocenters. The largest absolute Gasteiger partial charge is 0.325 e. The van der Waals surface area contributed by atoms with Crippen molar-refractivity contribution in [2.24, 2.45) is 5.10 Å². The van der Waals surface area contributed by atoms with Gasteiger partial charge >= 0.3 is 0 Å². The number of hydrogen-bond acceptors (Lipinski definition) is 7. The van der Waals surface area contributed by atoms with Gasteiger partial charge in [0.15, 0.2) is 5.17 Å². The van der Waals surface area contributed by atoms with Crippen molar-refractivity contribution in [3.05, 3.63) is 76.5 Å². The number of aryl methyl sites for hydroxylation is 1. The van der Waals surface area contributed by atoms with Gasteiger partial charge in [-0.1, -0.05) is 57.5 Å². The number of hydrogen-bond donors (Lipinski definition) is 3. The van der Waals surface area contributed by atoms with E-state index in [9.17, 15) is 4.79 Å². The normalized spacial score (nSPS) is 23.8. The molecular formula is C22H23BrN6OS. The first-order valence-corrected chi connectivity index (χ1v) is 11.9. The summed E-state index contributed by atoms with van der Waals surface area (Å²) >= 11 is 4.83. The number of thioether (sulfide) groups is 1. The second kappa shape index (κ2) is 8.57. The summed E-state index contributed by atoms with van der Waals surface area (Å²) in [7, 11) is 0. The molecule has 0 bridgehead atoms. The number of nitrogens with zero attached hydrogens (tertiary/aromatic N) is 3. The lowest BCUT2D eigenvalue weighted by Gasteiger charge is -2.36. The number of anilines is 1. The van der Waals surface area contributed by atoms with Crippen LogP contribution in [0.25, 0.3) is 0 Å². The van der Waals surface area contributed by atoms with Crippen LogP contribution in [-0.4, -0.2) is 38.9 Å². The van der Waals surface area contributed by atoms with Gasteiger partial charge in [-0.05, 0) is 43.2 Å². The number of benzene rings is 2. The molecule has 0 aromatic heterocycles. The Balaban J connectivity index is 1.18. The van der Waals surface area contributed by atoms with Gasteiger partial charge in [0.25, 0.3) is 0 Å². The standard InChI is InChI=1S/C22H23BrN6OS/c1-14-2-4-15(5-3-14)18-12-19-21-25-26-22(28(21)10-11-29(19)27-18)31-13-20(30)24-17-8-6-16(23)7-9-17/h2-11,18-19,21,25,27H,12-13H2,1H3,(H,24,30). The zero-order valence-corrected chi connectivity index (χ0v) is 19.4. The molecule has 0 radical (unpaired) electrons. The number of nitrogens with one attached hydrogen (secondary N) is 3. The predicted molar refractivity (Wildman–Crippen MR) is 128 cm³/mol. The Labute approximate surface area is 194 Å². The van der Waals surface area contributed by atoms with E-state index in [4.69, 9.17) is 0 Å². The van der Waals surface area contributed by atoms with Crippen LogP contribution in [0.3, 0.4) is 0 Å². The van der Waals surface area contributed by atoms with Crippen LogP contribution < -0.4 is 16.2 Å². The number of carbonyl (C=O) groups excluding carboxylic acids is 1. The van der Waals surface area contributed by atoms with Crippen molar-refractivity contribution in [3.63, 3.8) is 0 Å². The Kier molecular flexibility index (Phi) is 5.64.